The van der Waals surface area contributed by atoms with E-state index in [1.165, 1.54) is 20.1 Å². The maximum absolute atomic E-state index is 11.3. The second kappa shape index (κ2) is 4.89. The van der Waals surface area contributed by atoms with E-state index in [2.05, 4.69) is 0 Å². The fourth-order valence-corrected chi connectivity index (χ4v) is 1.45. The van der Waals surface area contributed by atoms with Gasteiger partial charge in [-0.15, -0.1) is 0 Å². The first-order chi connectivity index (χ1) is 7.02. The Morgan fingerprint density at radius 2 is 2.13 bits per heavy atom. The number of furan rings is 1. The summed E-state index contributed by atoms with van der Waals surface area (Å²) in [6, 6.07) is 3.21. The molecule has 2 unspecified atom stereocenters. The molecule has 0 saturated carbocycles. The molecule has 4 nitrogen and oxygen atoms in total. The number of Topliss-reactive ketones (excluding diaryl/α,β-unsaturated/α-hetero) is 2. The summed E-state index contributed by atoms with van der Waals surface area (Å²) in [6.45, 7) is 2.75. The number of hydrogen-bond acceptors (Lipinski definition) is 4. The summed E-state index contributed by atoms with van der Waals surface area (Å²) < 4.78 is 4.99. The molecule has 1 rings (SSSR count). The lowest BCUT2D eigenvalue weighted by molar-refractivity contribution is -0.130. The third-order valence-electron chi connectivity index (χ3n) is 2.25. The first kappa shape index (κ1) is 11.7. The number of aliphatic hydroxyl groups excluding tert-OH is 1. The molecular formula is C11H14O4. The molecular weight excluding hydrogens is 196 g/mol. The number of carbonyl (C=O) groups is 2. The predicted octanol–water partition coefficient (Wildman–Crippen LogP) is 1.50. The van der Waals surface area contributed by atoms with E-state index in [4.69, 9.17) is 4.42 Å². The lowest BCUT2D eigenvalue weighted by Gasteiger charge is -2.17. The maximum Gasteiger partial charge on any atom is 0.136 e. The Balaban J connectivity index is 2.80. The van der Waals surface area contributed by atoms with Gasteiger partial charge in [-0.2, -0.15) is 0 Å². The van der Waals surface area contributed by atoms with Crippen LogP contribution in [0.5, 0.6) is 0 Å². The summed E-state index contributed by atoms with van der Waals surface area (Å²) in [4.78, 5) is 22.2. The van der Waals surface area contributed by atoms with Crippen LogP contribution in [0.3, 0.4) is 0 Å². The largest absolute Gasteiger partial charge is 0.467 e. The van der Waals surface area contributed by atoms with Crippen molar-refractivity contribution in [3.63, 3.8) is 0 Å². The zero-order valence-corrected chi connectivity index (χ0v) is 8.77. The van der Waals surface area contributed by atoms with Crippen molar-refractivity contribution in [3.8, 4) is 0 Å². The molecule has 82 valence electrons. The van der Waals surface area contributed by atoms with Crippen LogP contribution in [0.1, 0.15) is 32.1 Å². The number of hydrogen-bond donors (Lipinski definition) is 1. The molecule has 0 fully saturated rings. The van der Waals surface area contributed by atoms with Gasteiger partial charge in [0.1, 0.15) is 23.4 Å². The average Bonchev–Trinajstić information content (AvgIpc) is 2.65. The zero-order valence-electron chi connectivity index (χ0n) is 8.77. The van der Waals surface area contributed by atoms with Gasteiger partial charge in [0.2, 0.25) is 0 Å². The summed E-state index contributed by atoms with van der Waals surface area (Å²) in [6.07, 6.45) is 0.419. The van der Waals surface area contributed by atoms with Gasteiger partial charge in [-0.1, -0.05) is 0 Å². The fourth-order valence-electron chi connectivity index (χ4n) is 1.45. The molecule has 0 aliphatic heterocycles. The Kier molecular flexibility index (Phi) is 3.80. The van der Waals surface area contributed by atoms with Crippen molar-refractivity contribution in [1.82, 2.24) is 0 Å². The minimum absolute atomic E-state index is 0.0389. The van der Waals surface area contributed by atoms with Gasteiger partial charge in [0.15, 0.2) is 0 Å². The van der Waals surface area contributed by atoms with Crippen LogP contribution in [-0.4, -0.2) is 16.7 Å². The van der Waals surface area contributed by atoms with E-state index in [-0.39, 0.29) is 18.0 Å². The SMILES string of the molecule is CC(=O)CC(C(C)=O)C(O)c1ccco1. The highest BCUT2D eigenvalue weighted by atomic mass is 16.4. The molecule has 0 bridgehead atoms. The van der Waals surface area contributed by atoms with E-state index in [9.17, 15) is 14.7 Å². The first-order valence-corrected chi connectivity index (χ1v) is 4.73. The quantitative estimate of drug-likeness (QED) is 0.799. The van der Waals surface area contributed by atoms with Crippen molar-refractivity contribution >= 4 is 11.6 Å². The van der Waals surface area contributed by atoms with E-state index in [0.717, 1.165) is 0 Å². The molecule has 1 N–H and O–H groups in total. The van der Waals surface area contributed by atoms with Crippen LogP contribution in [-0.2, 0) is 9.59 Å². The summed E-state index contributed by atoms with van der Waals surface area (Å²) in [5.41, 5.74) is 0. The molecule has 1 aromatic rings. The molecule has 0 aliphatic carbocycles. The average molecular weight is 210 g/mol. The van der Waals surface area contributed by atoms with Gasteiger partial charge < -0.3 is 14.3 Å². The molecule has 1 aromatic heterocycles. The Labute approximate surface area is 87.9 Å². The van der Waals surface area contributed by atoms with Gasteiger partial charge in [0, 0.05) is 6.42 Å². The standard InChI is InChI=1S/C11H14O4/c1-7(12)6-9(8(2)13)11(14)10-4-3-5-15-10/h3-5,9,11,14H,6H2,1-2H3. The molecule has 0 aliphatic rings. The van der Waals surface area contributed by atoms with Crippen LogP contribution in [0.25, 0.3) is 0 Å². The van der Waals surface area contributed by atoms with Gasteiger partial charge in [0.25, 0.3) is 0 Å². The summed E-state index contributed by atoms with van der Waals surface area (Å²) in [5, 5.41) is 9.82. The number of rotatable bonds is 5. The molecule has 2 atom stereocenters. The Morgan fingerprint density at radius 1 is 1.47 bits per heavy atom. The topological polar surface area (TPSA) is 67.5 Å². The molecule has 0 spiro atoms. The third-order valence-corrected chi connectivity index (χ3v) is 2.25. The molecule has 15 heavy (non-hydrogen) atoms. The minimum atomic E-state index is -1.04. The summed E-state index contributed by atoms with van der Waals surface area (Å²) in [5.74, 6) is -0.736. The van der Waals surface area contributed by atoms with Gasteiger partial charge in [0.05, 0.1) is 12.2 Å². The van der Waals surface area contributed by atoms with Gasteiger partial charge in [-0.3, -0.25) is 4.79 Å². The molecule has 4 heteroatoms. The van der Waals surface area contributed by atoms with Crippen LogP contribution in [0, 0.1) is 5.92 Å². The smallest absolute Gasteiger partial charge is 0.136 e. The van der Waals surface area contributed by atoms with E-state index < -0.39 is 12.0 Å². The molecule has 1 heterocycles. The minimum Gasteiger partial charge on any atom is -0.467 e. The van der Waals surface area contributed by atoms with Crippen LogP contribution in [0.15, 0.2) is 22.8 Å². The van der Waals surface area contributed by atoms with E-state index in [1.54, 1.807) is 12.1 Å². The Bertz CT molecular complexity index is 339. The van der Waals surface area contributed by atoms with Crippen molar-refractivity contribution in [1.29, 1.82) is 0 Å². The van der Waals surface area contributed by atoms with Crippen molar-refractivity contribution in [3.05, 3.63) is 24.2 Å². The van der Waals surface area contributed by atoms with E-state index >= 15 is 0 Å². The van der Waals surface area contributed by atoms with Crippen LogP contribution < -0.4 is 0 Å². The predicted molar refractivity (Wildman–Crippen MR) is 53.1 cm³/mol. The van der Waals surface area contributed by atoms with Crippen LogP contribution in [0.2, 0.25) is 0 Å². The lowest BCUT2D eigenvalue weighted by atomic mass is 9.91. The van der Waals surface area contributed by atoms with Crippen molar-refractivity contribution < 1.29 is 19.1 Å². The number of carbonyl (C=O) groups excluding carboxylic acids is 2. The Morgan fingerprint density at radius 3 is 2.53 bits per heavy atom. The highest BCUT2D eigenvalue weighted by molar-refractivity contribution is 5.86. The van der Waals surface area contributed by atoms with Gasteiger partial charge in [-0.05, 0) is 26.0 Å². The van der Waals surface area contributed by atoms with E-state index in [0.29, 0.717) is 5.76 Å². The molecule has 0 saturated heterocycles. The molecule has 0 aromatic carbocycles. The number of aliphatic hydroxyl groups is 1. The number of ketones is 2. The van der Waals surface area contributed by atoms with Gasteiger partial charge >= 0.3 is 0 Å². The van der Waals surface area contributed by atoms with Crippen LogP contribution >= 0.6 is 0 Å². The Hall–Kier alpha value is -1.42. The van der Waals surface area contributed by atoms with Gasteiger partial charge in [-0.25, -0.2) is 0 Å². The maximum atomic E-state index is 11.3. The summed E-state index contributed by atoms with van der Waals surface area (Å²) >= 11 is 0. The van der Waals surface area contributed by atoms with Crippen molar-refractivity contribution in [2.24, 2.45) is 5.92 Å². The molecule has 0 radical (unpaired) electrons. The summed E-state index contributed by atoms with van der Waals surface area (Å²) in [7, 11) is 0. The lowest BCUT2D eigenvalue weighted by Crippen LogP contribution is -2.22. The second-order valence-corrected chi connectivity index (χ2v) is 3.58. The normalized spacial score (nSPS) is 14.6. The second-order valence-electron chi connectivity index (χ2n) is 3.58. The van der Waals surface area contributed by atoms with Crippen molar-refractivity contribution in [2.75, 3.05) is 0 Å². The third kappa shape index (κ3) is 3.02. The zero-order chi connectivity index (χ0) is 11.4. The van der Waals surface area contributed by atoms with Crippen LogP contribution in [0.4, 0.5) is 0 Å². The highest BCUT2D eigenvalue weighted by Gasteiger charge is 2.28. The van der Waals surface area contributed by atoms with E-state index in [1.807, 2.05) is 0 Å². The first-order valence-electron chi connectivity index (χ1n) is 4.73. The highest BCUT2D eigenvalue weighted by Crippen LogP contribution is 2.25. The fraction of sp³-hybridized carbons (Fsp3) is 0.455. The molecule has 0 amide bonds. The van der Waals surface area contributed by atoms with Crippen molar-refractivity contribution in [2.45, 2.75) is 26.4 Å². The monoisotopic (exact) mass is 210 g/mol.